The molecule has 0 amide bonds. The topological polar surface area (TPSA) is 55.2 Å². The largest absolute Gasteiger partial charge is 0.378 e. The van der Waals surface area contributed by atoms with Crippen molar-refractivity contribution in [2.45, 2.75) is 6.54 Å². The summed E-state index contributed by atoms with van der Waals surface area (Å²) in [6.45, 7) is -0.00482. The van der Waals surface area contributed by atoms with Crippen LogP contribution in [0.25, 0.3) is 0 Å². The van der Waals surface area contributed by atoms with Gasteiger partial charge in [0.25, 0.3) is 5.69 Å². The van der Waals surface area contributed by atoms with Crippen LogP contribution in [0.5, 0.6) is 0 Å². The molecule has 0 bridgehead atoms. The second-order valence-electron chi connectivity index (χ2n) is 4.13. The summed E-state index contributed by atoms with van der Waals surface area (Å²) >= 11 is 17.8. The van der Waals surface area contributed by atoms with E-state index in [0.717, 1.165) is 18.2 Å². The van der Waals surface area contributed by atoms with Gasteiger partial charge in [0, 0.05) is 17.6 Å². The Balaban J connectivity index is 2.28. The maximum absolute atomic E-state index is 13.2. The normalized spacial score (nSPS) is 10.5. The van der Waals surface area contributed by atoms with Crippen molar-refractivity contribution in [1.29, 1.82) is 0 Å². The lowest BCUT2D eigenvalue weighted by atomic mass is 10.1. The Morgan fingerprint density at radius 1 is 1.14 bits per heavy atom. The van der Waals surface area contributed by atoms with Crippen molar-refractivity contribution in [2.24, 2.45) is 0 Å². The average Bonchev–Trinajstić information content (AvgIpc) is 2.37. The standard InChI is InChI=1S/C13H8Cl3FN2O2/c14-8-4-10(15)13(11(16)5-8)18-6-7-3-9(17)1-2-12(7)19(20)21/h1-5,18H,6H2. The molecule has 0 aliphatic heterocycles. The predicted molar refractivity (Wildman–Crippen MR) is 81.9 cm³/mol. The number of nitrogens with zero attached hydrogens (tertiary/aromatic N) is 1. The highest BCUT2D eigenvalue weighted by atomic mass is 35.5. The smallest absolute Gasteiger partial charge is 0.274 e. The highest BCUT2D eigenvalue weighted by molar-refractivity contribution is 6.41. The Kier molecular flexibility index (Phi) is 4.88. The van der Waals surface area contributed by atoms with E-state index in [1.807, 2.05) is 0 Å². The van der Waals surface area contributed by atoms with E-state index in [1.165, 1.54) is 12.1 Å². The lowest BCUT2D eigenvalue weighted by Gasteiger charge is -2.11. The highest BCUT2D eigenvalue weighted by Gasteiger charge is 2.15. The van der Waals surface area contributed by atoms with Gasteiger partial charge in [0.2, 0.25) is 0 Å². The Bertz CT molecular complexity index is 687. The Morgan fingerprint density at radius 3 is 2.33 bits per heavy atom. The molecule has 0 atom stereocenters. The van der Waals surface area contributed by atoms with E-state index in [0.29, 0.717) is 10.7 Å². The van der Waals surface area contributed by atoms with Gasteiger partial charge >= 0.3 is 0 Å². The fourth-order valence-electron chi connectivity index (χ4n) is 1.77. The molecule has 0 saturated heterocycles. The van der Waals surface area contributed by atoms with E-state index in [1.54, 1.807) is 0 Å². The maximum atomic E-state index is 13.2. The van der Waals surface area contributed by atoms with Gasteiger partial charge in [-0.25, -0.2) is 4.39 Å². The first-order valence-electron chi connectivity index (χ1n) is 5.69. The van der Waals surface area contributed by atoms with Crippen molar-refractivity contribution in [2.75, 3.05) is 5.32 Å². The first kappa shape index (κ1) is 15.8. The van der Waals surface area contributed by atoms with Crippen LogP contribution in [0.1, 0.15) is 5.56 Å². The van der Waals surface area contributed by atoms with Gasteiger partial charge in [0.1, 0.15) is 5.82 Å². The number of halogens is 4. The molecule has 0 aliphatic carbocycles. The zero-order chi connectivity index (χ0) is 15.6. The minimum absolute atomic E-state index is 0.00482. The molecule has 0 unspecified atom stereocenters. The molecule has 21 heavy (non-hydrogen) atoms. The minimum Gasteiger partial charge on any atom is -0.378 e. The third-order valence-electron chi connectivity index (χ3n) is 2.70. The van der Waals surface area contributed by atoms with Crippen molar-refractivity contribution >= 4 is 46.2 Å². The molecule has 0 radical (unpaired) electrons. The van der Waals surface area contributed by atoms with Crippen LogP contribution in [0, 0.1) is 15.9 Å². The Labute approximate surface area is 134 Å². The number of rotatable bonds is 4. The molecule has 0 heterocycles. The first-order chi connectivity index (χ1) is 9.88. The number of hydrogen-bond acceptors (Lipinski definition) is 3. The van der Waals surface area contributed by atoms with E-state index < -0.39 is 10.7 Å². The fraction of sp³-hybridized carbons (Fsp3) is 0.0769. The summed E-state index contributed by atoms with van der Waals surface area (Å²) in [5, 5.41) is 14.7. The van der Waals surface area contributed by atoms with Crippen LogP contribution in [0.2, 0.25) is 15.1 Å². The van der Waals surface area contributed by atoms with Gasteiger partial charge in [-0.05, 0) is 24.3 Å². The summed E-state index contributed by atoms with van der Waals surface area (Å²) in [7, 11) is 0. The summed E-state index contributed by atoms with van der Waals surface area (Å²) in [5.41, 5.74) is 0.369. The molecule has 0 aliphatic rings. The Morgan fingerprint density at radius 2 is 1.76 bits per heavy atom. The number of nitro benzene ring substituents is 1. The van der Waals surface area contributed by atoms with E-state index in [-0.39, 0.29) is 27.8 Å². The van der Waals surface area contributed by atoms with E-state index in [4.69, 9.17) is 34.8 Å². The van der Waals surface area contributed by atoms with E-state index >= 15 is 0 Å². The van der Waals surface area contributed by atoms with Crippen molar-refractivity contribution in [3.63, 3.8) is 0 Å². The molecule has 8 heteroatoms. The number of nitro groups is 1. The molecule has 4 nitrogen and oxygen atoms in total. The molecular formula is C13H8Cl3FN2O2. The number of benzene rings is 2. The predicted octanol–water partition coefficient (Wildman–Crippen LogP) is 5.31. The minimum atomic E-state index is -0.582. The molecule has 2 aromatic rings. The molecular weight excluding hydrogens is 342 g/mol. The van der Waals surface area contributed by atoms with Crippen molar-refractivity contribution in [3.8, 4) is 0 Å². The van der Waals surface area contributed by atoms with Crippen LogP contribution in [0.15, 0.2) is 30.3 Å². The molecule has 0 fully saturated rings. The summed E-state index contributed by atoms with van der Waals surface area (Å²) in [6, 6.07) is 6.19. The molecule has 0 spiro atoms. The van der Waals surface area contributed by atoms with Gasteiger partial charge in [-0.2, -0.15) is 0 Å². The van der Waals surface area contributed by atoms with Crippen LogP contribution in [-0.4, -0.2) is 4.92 Å². The molecule has 0 aromatic heterocycles. The third-order valence-corrected chi connectivity index (χ3v) is 3.52. The highest BCUT2D eigenvalue weighted by Crippen LogP contribution is 2.34. The van der Waals surface area contributed by atoms with Crippen LogP contribution in [0.4, 0.5) is 15.8 Å². The van der Waals surface area contributed by atoms with E-state index in [2.05, 4.69) is 5.32 Å². The zero-order valence-electron chi connectivity index (χ0n) is 10.4. The quantitative estimate of drug-likeness (QED) is 0.601. The van der Waals surface area contributed by atoms with E-state index in [9.17, 15) is 14.5 Å². The molecule has 2 aromatic carbocycles. The lowest BCUT2D eigenvalue weighted by Crippen LogP contribution is -2.04. The van der Waals surface area contributed by atoms with Crippen LogP contribution >= 0.6 is 34.8 Å². The number of nitrogens with one attached hydrogen (secondary N) is 1. The van der Waals surface area contributed by atoms with Crippen molar-refractivity contribution < 1.29 is 9.31 Å². The first-order valence-corrected chi connectivity index (χ1v) is 6.83. The van der Waals surface area contributed by atoms with Crippen LogP contribution in [-0.2, 0) is 6.54 Å². The summed E-state index contributed by atoms with van der Waals surface area (Å²) in [6.07, 6.45) is 0. The fourth-order valence-corrected chi connectivity index (χ4v) is 2.72. The van der Waals surface area contributed by atoms with Gasteiger partial charge in [-0.3, -0.25) is 10.1 Å². The molecule has 1 N–H and O–H groups in total. The van der Waals surface area contributed by atoms with Gasteiger partial charge in [-0.1, -0.05) is 34.8 Å². The van der Waals surface area contributed by atoms with Gasteiger partial charge in [0.05, 0.1) is 26.2 Å². The number of hydrogen-bond donors (Lipinski definition) is 1. The lowest BCUT2D eigenvalue weighted by molar-refractivity contribution is -0.385. The molecule has 110 valence electrons. The zero-order valence-corrected chi connectivity index (χ0v) is 12.6. The summed E-state index contributed by atoms with van der Waals surface area (Å²) in [5.74, 6) is -0.564. The number of anilines is 1. The third kappa shape index (κ3) is 3.75. The van der Waals surface area contributed by atoms with Crippen LogP contribution < -0.4 is 5.32 Å². The maximum Gasteiger partial charge on any atom is 0.274 e. The van der Waals surface area contributed by atoms with Crippen LogP contribution in [0.3, 0.4) is 0 Å². The molecule has 0 saturated carbocycles. The van der Waals surface area contributed by atoms with Crippen molar-refractivity contribution in [3.05, 3.63) is 66.9 Å². The average molecular weight is 350 g/mol. The monoisotopic (exact) mass is 348 g/mol. The Hall–Kier alpha value is -1.56. The SMILES string of the molecule is O=[N+]([O-])c1ccc(F)cc1CNc1c(Cl)cc(Cl)cc1Cl. The summed E-state index contributed by atoms with van der Waals surface area (Å²) < 4.78 is 13.2. The summed E-state index contributed by atoms with van der Waals surface area (Å²) in [4.78, 5) is 10.3. The van der Waals surface area contributed by atoms with Gasteiger partial charge < -0.3 is 5.32 Å². The molecule has 2 rings (SSSR count). The van der Waals surface area contributed by atoms with Gasteiger partial charge in [0.15, 0.2) is 0 Å². The van der Waals surface area contributed by atoms with Gasteiger partial charge in [-0.15, -0.1) is 0 Å². The second kappa shape index (κ2) is 6.47. The second-order valence-corrected chi connectivity index (χ2v) is 5.38. The van der Waals surface area contributed by atoms with Crippen molar-refractivity contribution in [1.82, 2.24) is 0 Å².